The van der Waals surface area contributed by atoms with Crippen LogP contribution in [0.2, 0.25) is 0 Å². The van der Waals surface area contributed by atoms with Crippen LogP contribution in [0.4, 0.5) is 19.1 Å². The largest absolute Gasteiger partial charge is 0.491 e. The van der Waals surface area contributed by atoms with Crippen molar-refractivity contribution in [2.45, 2.75) is 0 Å². The quantitative estimate of drug-likeness (QED) is 0.823. The minimum Gasteiger partial charge on any atom is -0.491 e. The molecule has 0 aliphatic heterocycles. The zero-order valence-corrected chi connectivity index (χ0v) is 8.63. The molecule has 7 heteroatoms. The highest BCUT2D eigenvalue weighted by atomic mass is 19.2. The van der Waals surface area contributed by atoms with E-state index in [4.69, 9.17) is 5.73 Å². The Morgan fingerprint density at radius 1 is 1.24 bits per heavy atom. The van der Waals surface area contributed by atoms with Crippen molar-refractivity contribution in [3.8, 4) is 17.0 Å². The summed E-state index contributed by atoms with van der Waals surface area (Å²) in [4.78, 5) is 0. The molecule has 0 aliphatic rings. The van der Waals surface area contributed by atoms with Crippen molar-refractivity contribution in [1.29, 1.82) is 0 Å². The summed E-state index contributed by atoms with van der Waals surface area (Å²) in [5.74, 6) is -4.60. The lowest BCUT2D eigenvalue weighted by atomic mass is 10.1. The summed E-state index contributed by atoms with van der Waals surface area (Å²) in [5, 5.41) is 3.41. The first-order chi connectivity index (χ1) is 8.04. The standard InChI is InChI=1S/C10H7F3N2O2/c1-16-10-8(12)4(2-5(11)9(10)13)6-3-7(14)17-15-6/h2-3H,14H2,1H3. The minimum atomic E-state index is -1.40. The van der Waals surface area contributed by atoms with Crippen molar-refractivity contribution in [3.63, 3.8) is 0 Å². The van der Waals surface area contributed by atoms with Gasteiger partial charge in [0.25, 0.3) is 0 Å². The van der Waals surface area contributed by atoms with E-state index in [2.05, 4.69) is 14.4 Å². The Hall–Kier alpha value is -2.18. The van der Waals surface area contributed by atoms with Crippen LogP contribution in [-0.4, -0.2) is 12.3 Å². The van der Waals surface area contributed by atoms with Crippen molar-refractivity contribution in [3.05, 3.63) is 29.6 Å². The molecule has 1 heterocycles. The van der Waals surface area contributed by atoms with Gasteiger partial charge in [-0.05, 0) is 6.07 Å². The van der Waals surface area contributed by atoms with Crippen molar-refractivity contribution < 1.29 is 22.4 Å². The fraction of sp³-hybridized carbons (Fsp3) is 0.100. The molecule has 0 unspecified atom stereocenters. The number of methoxy groups -OCH3 is 1. The molecule has 90 valence electrons. The van der Waals surface area contributed by atoms with Crippen LogP contribution in [0.3, 0.4) is 0 Å². The van der Waals surface area contributed by atoms with Gasteiger partial charge in [-0.1, -0.05) is 5.16 Å². The highest BCUT2D eigenvalue weighted by Gasteiger charge is 2.22. The Morgan fingerprint density at radius 3 is 2.47 bits per heavy atom. The summed E-state index contributed by atoms with van der Waals surface area (Å²) in [6.07, 6.45) is 0. The van der Waals surface area contributed by atoms with E-state index in [1.807, 2.05) is 0 Å². The lowest BCUT2D eigenvalue weighted by Gasteiger charge is -2.07. The van der Waals surface area contributed by atoms with Crippen molar-refractivity contribution in [1.82, 2.24) is 5.16 Å². The first-order valence-electron chi connectivity index (χ1n) is 4.48. The average Bonchev–Trinajstić information content (AvgIpc) is 2.71. The molecule has 0 saturated heterocycles. The van der Waals surface area contributed by atoms with Crippen LogP contribution >= 0.6 is 0 Å². The van der Waals surface area contributed by atoms with Gasteiger partial charge in [0.05, 0.1) is 7.11 Å². The van der Waals surface area contributed by atoms with Gasteiger partial charge in [-0.2, -0.15) is 4.39 Å². The topological polar surface area (TPSA) is 61.3 Å². The summed E-state index contributed by atoms with van der Waals surface area (Å²) in [6.45, 7) is 0. The van der Waals surface area contributed by atoms with Gasteiger partial charge in [0.1, 0.15) is 5.69 Å². The highest BCUT2D eigenvalue weighted by molar-refractivity contribution is 5.64. The molecule has 0 bridgehead atoms. The van der Waals surface area contributed by atoms with Crippen LogP contribution in [0.1, 0.15) is 0 Å². The molecule has 4 nitrogen and oxygen atoms in total. The maximum Gasteiger partial charge on any atom is 0.222 e. The van der Waals surface area contributed by atoms with Crippen LogP contribution in [0.15, 0.2) is 16.7 Å². The average molecular weight is 244 g/mol. The predicted molar refractivity (Wildman–Crippen MR) is 52.8 cm³/mol. The number of rotatable bonds is 2. The maximum absolute atomic E-state index is 13.8. The third-order valence-electron chi connectivity index (χ3n) is 2.12. The van der Waals surface area contributed by atoms with Crippen LogP contribution in [-0.2, 0) is 0 Å². The van der Waals surface area contributed by atoms with Crippen LogP contribution < -0.4 is 10.5 Å². The Kier molecular flexibility index (Phi) is 2.66. The van der Waals surface area contributed by atoms with Gasteiger partial charge >= 0.3 is 0 Å². The molecule has 2 N–H and O–H groups in total. The zero-order chi connectivity index (χ0) is 12.6. The number of aromatic nitrogens is 1. The number of benzene rings is 1. The molecule has 0 saturated carbocycles. The monoisotopic (exact) mass is 244 g/mol. The molecular weight excluding hydrogens is 237 g/mol. The molecule has 1 aromatic carbocycles. The van der Waals surface area contributed by atoms with E-state index < -0.39 is 23.2 Å². The van der Waals surface area contributed by atoms with Gasteiger partial charge in [-0.25, -0.2) is 8.78 Å². The minimum absolute atomic E-state index is 0.0443. The first kappa shape index (κ1) is 11.3. The molecule has 2 aromatic rings. The van der Waals surface area contributed by atoms with Gasteiger partial charge in [0, 0.05) is 11.6 Å². The smallest absolute Gasteiger partial charge is 0.222 e. The zero-order valence-electron chi connectivity index (χ0n) is 8.63. The fourth-order valence-electron chi connectivity index (χ4n) is 1.36. The van der Waals surface area contributed by atoms with Crippen LogP contribution in [0, 0.1) is 17.5 Å². The Bertz CT molecular complexity index is 569. The summed E-state index contributed by atoms with van der Waals surface area (Å²) in [5.41, 5.74) is 4.92. The first-order valence-corrected chi connectivity index (χ1v) is 4.48. The lowest BCUT2D eigenvalue weighted by molar-refractivity contribution is 0.347. The molecule has 0 radical (unpaired) electrons. The number of nitrogen functional groups attached to an aromatic ring is 1. The molecular formula is C10H7F3N2O2. The second-order valence-electron chi connectivity index (χ2n) is 3.18. The van der Waals surface area contributed by atoms with E-state index in [-0.39, 0.29) is 17.1 Å². The van der Waals surface area contributed by atoms with Gasteiger partial charge in [0.2, 0.25) is 11.7 Å². The Balaban J connectivity index is 2.67. The molecule has 2 rings (SSSR count). The number of nitrogens with zero attached hydrogens (tertiary/aromatic N) is 1. The summed E-state index contributed by atoms with van der Waals surface area (Å²) < 4.78 is 49.1. The van der Waals surface area contributed by atoms with Crippen molar-refractivity contribution in [2.24, 2.45) is 0 Å². The number of halogens is 3. The van der Waals surface area contributed by atoms with Gasteiger partial charge in [-0.3, -0.25) is 0 Å². The highest BCUT2D eigenvalue weighted by Crippen LogP contribution is 2.33. The number of nitrogens with two attached hydrogens (primary N) is 1. The number of hydrogen-bond donors (Lipinski definition) is 1. The molecule has 1 aromatic heterocycles. The molecule has 0 fully saturated rings. The second kappa shape index (κ2) is 4.00. The number of hydrogen-bond acceptors (Lipinski definition) is 4. The molecule has 0 spiro atoms. The fourth-order valence-corrected chi connectivity index (χ4v) is 1.36. The van der Waals surface area contributed by atoms with Gasteiger partial charge < -0.3 is 15.0 Å². The summed E-state index contributed by atoms with van der Waals surface area (Å²) >= 11 is 0. The Labute approximate surface area is 93.8 Å². The second-order valence-corrected chi connectivity index (χ2v) is 3.18. The Morgan fingerprint density at radius 2 is 1.94 bits per heavy atom. The van der Waals surface area contributed by atoms with Crippen molar-refractivity contribution >= 4 is 5.88 Å². The van der Waals surface area contributed by atoms with Gasteiger partial charge in [0.15, 0.2) is 17.4 Å². The predicted octanol–water partition coefficient (Wildman–Crippen LogP) is 2.35. The number of ether oxygens (including phenoxy) is 1. The van der Waals surface area contributed by atoms with E-state index in [1.54, 1.807) is 0 Å². The summed E-state index contributed by atoms with van der Waals surface area (Å²) in [6, 6.07) is 1.85. The number of anilines is 1. The molecule has 0 aliphatic carbocycles. The van der Waals surface area contributed by atoms with Crippen molar-refractivity contribution in [2.75, 3.05) is 12.8 Å². The van der Waals surface area contributed by atoms with E-state index in [9.17, 15) is 13.2 Å². The maximum atomic E-state index is 13.8. The molecule has 17 heavy (non-hydrogen) atoms. The van der Waals surface area contributed by atoms with E-state index in [0.717, 1.165) is 7.11 Å². The molecule has 0 amide bonds. The van der Waals surface area contributed by atoms with E-state index in [0.29, 0.717) is 6.07 Å². The van der Waals surface area contributed by atoms with Gasteiger partial charge in [-0.15, -0.1) is 0 Å². The third-order valence-corrected chi connectivity index (χ3v) is 2.12. The summed E-state index contributed by atoms with van der Waals surface area (Å²) in [7, 11) is 1.03. The lowest BCUT2D eigenvalue weighted by Crippen LogP contribution is -1.99. The SMILES string of the molecule is COc1c(F)c(F)cc(-c2cc(N)on2)c1F. The van der Waals surface area contributed by atoms with E-state index >= 15 is 0 Å². The third kappa shape index (κ3) is 1.79. The normalized spacial score (nSPS) is 10.6. The molecule has 0 atom stereocenters. The van der Waals surface area contributed by atoms with Crippen LogP contribution in [0.25, 0.3) is 11.3 Å². The van der Waals surface area contributed by atoms with E-state index in [1.165, 1.54) is 6.07 Å². The van der Waals surface area contributed by atoms with Crippen LogP contribution in [0.5, 0.6) is 5.75 Å².